The molecule has 0 bridgehead atoms. The van der Waals surface area contributed by atoms with Crippen molar-refractivity contribution in [3.8, 4) is 6.07 Å². The second-order valence-corrected chi connectivity index (χ2v) is 5.87. The summed E-state index contributed by atoms with van der Waals surface area (Å²) in [7, 11) is 0. The number of hydrogen-bond donors (Lipinski definition) is 0. The number of ether oxygens (including phenoxy) is 1. The van der Waals surface area contributed by atoms with Crippen molar-refractivity contribution >= 4 is 34.4 Å². The largest absolute Gasteiger partial charge is 0.462 e. The Bertz CT molecular complexity index is 796. The van der Waals surface area contributed by atoms with E-state index in [0.717, 1.165) is 5.39 Å². The molecule has 0 aliphatic rings. The molecule has 2 aromatic rings. The number of rotatable bonds is 6. The van der Waals surface area contributed by atoms with E-state index in [9.17, 15) is 9.59 Å². The summed E-state index contributed by atoms with van der Waals surface area (Å²) in [6, 6.07) is 7.29. The third-order valence-corrected chi connectivity index (χ3v) is 4.32. The number of nitrogens with zero attached hydrogens (tertiary/aromatic N) is 2. The van der Waals surface area contributed by atoms with Crippen molar-refractivity contribution in [3.05, 3.63) is 35.5 Å². The van der Waals surface area contributed by atoms with Crippen LogP contribution in [0.4, 0.5) is 0 Å². The summed E-state index contributed by atoms with van der Waals surface area (Å²) < 4.78 is 5.08. The average molecular weight is 328 g/mol. The Balaban J connectivity index is 2.60. The van der Waals surface area contributed by atoms with Gasteiger partial charge in [-0.1, -0.05) is 0 Å². The standard InChI is InChI=1S/C17H16N2O3S/c1-3-22-17(21)14-10-19-15-6-5-12(11(2)20)9-13(15)16(14)23-8-4-7-18/h5-6,9-10H,3-4,8H2,1-2H3. The second kappa shape index (κ2) is 7.75. The normalized spacial score (nSPS) is 10.3. The lowest BCUT2D eigenvalue weighted by Crippen LogP contribution is -2.08. The summed E-state index contributed by atoms with van der Waals surface area (Å²) in [6.07, 6.45) is 1.85. The highest BCUT2D eigenvalue weighted by molar-refractivity contribution is 7.99. The van der Waals surface area contributed by atoms with Crippen LogP contribution in [0.3, 0.4) is 0 Å². The highest BCUT2D eigenvalue weighted by Crippen LogP contribution is 2.32. The van der Waals surface area contributed by atoms with Crippen LogP contribution >= 0.6 is 11.8 Å². The van der Waals surface area contributed by atoms with Crippen molar-refractivity contribution in [1.29, 1.82) is 5.26 Å². The molecule has 0 radical (unpaired) electrons. The maximum absolute atomic E-state index is 12.2. The zero-order valence-corrected chi connectivity index (χ0v) is 13.8. The fourth-order valence-corrected chi connectivity index (χ4v) is 3.10. The molecule has 0 atom stereocenters. The molecule has 1 aromatic carbocycles. The van der Waals surface area contributed by atoms with Gasteiger partial charge in [-0.15, -0.1) is 11.8 Å². The number of hydrogen-bond acceptors (Lipinski definition) is 6. The lowest BCUT2D eigenvalue weighted by atomic mass is 10.1. The summed E-state index contributed by atoms with van der Waals surface area (Å²) in [5, 5.41) is 9.45. The first kappa shape index (κ1) is 17.0. The minimum absolute atomic E-state index is 0.0542. The maximum Gasteiger partial charge on any atom is 0.340 e. The van der Waals surface area contributed by atoms with Crippen LogP contribution in [0.2, 0.25) is 0 Å². The van der Waals surface area contributed by atoms with Gasteiger partial charge in [0.2, 0.25) is 0 Å². The van der Waals surface area contributed by atoms with Crippen LogP contribution in [-0.2, 0) is 4.74 Å². The van der Waals surface area contributed by atoms with Crippen LogP contribution in [0.1, 0.15) is 41.0 Å². The van der Waals surface area contributed by atoms with Crippen molar-refractivity contribution in [2.75, 3.05) is 12.4 Å². The number of fused-ring (bicyclic) bond motifs is 1. The third-order valence-electron chi connectivity index (χ3n) is 3.18. The van der Waals surface area contributed by atoms with Crippen LogP contribution in [0.25, 0.3) is 10.9 Å². The minimum atomic E-state index is -0.449. The molecule has 1 aromatic heterocycles. The molecule has 0 spiro atoms. The highest BCUT2D eigenvalue weighted by Gasteiger charge is 2.17. The maximum atomic E-state index is 12.2. The Labute approximate surface area is 138 Å². The van der Waals surface area contributed by atoms with Crippen molar-refractivity contribution in [2.45, 2.75) is 25.2 Å². The number of nitriles is 1. The van der Waals surface area contributed by atoms with Gasteiger partial charge in [-0.25, -0.2) is 4.79 Å². The number of ketones is 1. The Morgan fingerprint density at radius 3 is 2.83 bits per heavy atom. The smallest absolute Gasteiger partial charge is 0.340 e. The number of carbonyl (C=O) groups excluding carboxylic acids is 2. The number of aromatic nitrogens is 1. The van der Waals surface area contributed by atoms with Gasteiger partial charge < -0.3 is 4.74 Å². The van der Waals surface area contributed by atoms with Gasteiger partial charge in [-0.05, 0) is 32.0 Å². The lowest BCUT2D eigenvalue weighted by Gasteiger charge is -2.11. The molecule has 118 valence electrons. The zero-order valence-electron chi connectivity index (χ0n) is 13.0. The lowest BCUT2D eigenvalue weighted by molar-refractivity contribution is 0.0522. The summed E-state index contributed by atoms with van der Waals surface area (Å²) in [4.78, 5) is 28.8. The van der Waals surface area contributed by atoms with Crippen molar-refractivity contribution < 1.29 is 14.3 Å². The quantitative estimate of drug-likeness (QED) is 0.349. The first-order valence-corrected chi connectivity index (χ1v) is 8.17. The summed E-state index contributed by atoms with van der Waals surface area (Å²) in [5.41, 5.74) is 1.62. The number of thioether (sulfide) groups is 1. The Kier molecular flexibility index (Phi) is 5.72. The van der Waals surface area contributed by atoms with Gasteiger partial charge in [0.15, 0.2) is 5.78 Å². The van der Waals surface area contributed by atoms with E-state index in [4.69, 9.17) is 10.00 Å². The van der Waals surface area contributed by atoms with E-state index < -0.39 is 5.97 Å². The highest BCUT2D eigenvalue weighted by atomic mass is 32.2. The third kappa shape index (κ3) is 3.88. The van der Waals surface area contributed by atoms with Crippen molar-refractivity contribution in [2.24, 2.45) is 0 Å². The van der Waals surface area contributed by atoms with Crippen LogP contribution in [-0.4, -0.2) is 29.1 Å². The molecule has 0 saturated heterocycles. The molecule has 0 saturated carbocycles. The predicted molar refractivity (Wildman–Crippen MR) is 88.7 cm³/mol. The summed E-state index contributed by atoms with van der Waals surface area (Å²) >= 11 is 1.40. The van der Waals surface area contributed by atoms with E-state index >= 15 is 0 Å². The molecule has 23 heavy (non-hydrogen) atoms. The molecule has 0 fully saturated rings. The molecule has 0 aliphatic heterocycles. The van der Waals surface area contributed by atoms with E-state index in [-0.39, 0.29) is 12.4 Å². The van der Waals surface area contributed by atoms with Gasteiger partial charge in [-0.3, -0.25) is 9.78 Å². The SMILES string of the molecule is CCOC(=O)c1cnc2ccc(C(C)=O)cc2c1SCCC#N. The Hall–Kier alpha value is -2.39. The minimum Gasteiger partial charge on any atom is -0.462 e. The van der Waals surface area contributed by atoms with Crippen molar-refractivity contribution in [3.63, 3.8) is 0 Å². The molecule has 0 N–H and O–H groups in total. The topological polar surface area (TPSA) is 80.0 Å². The average Bonchev–Trinajstić information content (AvgIpc) is 2.54. The van der Waals surface area contributed by atoms with Gasteiger partial charge >= 0.3 is 5.97 Å². The zero-order chi connectivity index (χ0) is 16.8. The summed E-state index contributed by atoms with van der Waals surface area (Å²) in [6.45, 7) is 3.50. The molecule has 2 rings (SSSR count). The first-order valence-electron chi connectivity index (χ1n) is 7.19. The van der Waals surface area contributed by atoms with Crippen LogP contribution in [0.5, 0.6) is 0 Å². The molecule has 0 aliphatic carbocycles. The number of pyridine rings is 1. The number of carbonyl (C=O) groups is 2. The van der Waals surface area contributed by atoms with Gasteiger partial charge in [0.05, 0.1) is 23.8 Å². The monoisotopic (exact) mass is 328 g/mol. The Morgan fingerprint density at radius 1 is 1.39 bits per heavy atom. The number of esters is 1. The predicted octanol–water partition coefficient (Wildman–Crippen LogP) is 3.62. The van der Waals surface area contributed by atoms with Crippen LogP contribution in [0, 0.1) is 11.3 Å². The fourth-order valence-electron chi connectivity index (χ4n) is 2.10. The van der Waals surface area contributed by atoms with E-state index in [1.807, 2.05) is 0 Å². The van der Waals surface area contributed by atoms with Crippen molar-refractivity contribution in [1.82, 2.24) is 4.98 Å². The molecule has 0 amide bonds. The van der Waals surface area contributed by atoms with E-state index in [1.165, 1.54) is 24.9 Å². The van der Waals surface area contributed by atoms with Gasteiger partial charge in [-0.2, -0.15) is 5.26 Å². The Morgan fingerprint density at radius 2 is 2.17 bits per heavy atom. The molecule has 1 heterocycles. The molecular weight excluding hydrogens is 312 g/mol. The van der Waals surface area contributed by atoms with E-state index in [2.05, 4.69) is 11.1 Å². The van der Waals surface area contributed by atoms with Gasteiger partial charge in [0.1, 0.15) is 0 Å². The molecule has 0 unspecified atom stereocenters. The molecular formula is C17H16N2O3S. The number of benzene rings is 1. The van der Waals surface area contributed by atoms with E-state index in [0.29, 0.717) is 33.7 Å². The number of Topliss-reactive ketones (excluding diaryl/α,β-unsaturated/α-hetero) is 1. The second-order valence-electron chi connectivity index (χ2n) is 4.77. The summed E-state index contributed by atoms with van der Waals surface area (Å²) in [5.74, 6) is 0.0442. The van der Waals surface area contributed by atoms with Crippen LogP contribution < -0.4 is 0 Å². The molecule has 6 heteroatoms. The van der Waals surface area contributed by atoms with Gasteiger partial charge in [0.25, 0.3) is 0 Å². The van der Waals surface area contributed by atoms with E-state index in [1.54, 1.807) is 25.1 Å². The fraction of sp³-hybridized carbons (Fsp3) is 0.294. The van der Waals surface area contributed by atoms with Crippen LogP contribution in [0.15, 0.2) is 29.3 Å². The van der Waals surface area contributed by atoms with Gasteiger partial charge in [0, 0.05) is 34.2 Å². The first-order chi connectivity index (χ1) is 11.1. The molecule has 5 nitrogen and oxygen atoms in total.